The van der Waals surface area contributed by atoms with Crippen LogP contribution in [0.15, 0.2) is 18.3 Å². The predicted octanol–water partition coefficient (Wildman–Crippen LogP) is 2.31. The highest BCUT2D eigenvalue weighted by atomic mass is 14.9. The van der Waals surface area contributed by atoms with Gasteiger partial charge in [-0.1, -0.05) is 27.7 Å². The SMILES string of the molecule is CC(CNCc1ccnc(CN)c1)C(C)(C)C. The molecule has 1 unspecified atom stereocenters. The Morgan fingerprint density at radius 1 is 1.41 bits per heavy atom. The van der Waals surface area contributed by atoms with Crippen LogP contribution in [0.25, 0.3) is 0 Å². The number of nitrogens with zero attached hydrogens (tertiary/aromatic N) is 1. The molecule has 0 aliphatic heterocycles. The maximum absolute atomic E-state index is 5.57. The zero-order valence-electron chi connectivity index (χ0n) is 11.5. The van der Waals surface area contributed by atoms with E-state index in [2.05, 4.69) is 44.1 Å². The van der Waals surface area contributed by atoms with Crippen LogP contribution in [0.1, 0.15) is 39.0 Å². The van der Waals surface area contributed by atoms with E-state index >= 15 is 0 Å². The molecule has 1 heterocycles. The number of hydrogen-bond acceptors (Lipinski definition) is 3. The molecule has 0 bridgehead atoms. The Morgan fingerprint density at radius 2 is 2.12 bits per heavy atom. The summed E-state index contributed by atoms with van der Waals surface area (Å²) in [6, 6.07) is 4.10. The normalized spacial score (nSPS) is 13.7. The molecule has 0 aliphatic rings. The molecular weight excluding hydrogens is 210 g/mol. The van der Waals surface area contributed by atoms with Crippen LogP contribution in [-0.4, -0.2) is 11.5 Å². The van der Waals surface area contributed by atoms with Crippen molar-refractivity contribution in [3.63, 3.8) is 0 Å². The van der Waals surface area contributed by atoms with Crippen molar-refractivity contribution in [2.75, 3.05) is 6.54 Å². The number of hydrogen-bond donors (Lipinski definition) is 2. The lowest BCUT2D eigenvalue weighted by Crippen LogP contribution is -2.29. The van der Waals surface area contributed by atoms with E-state index in [4.69, 9.17) is 5.73 Å². The van der Waals surface area contributed by atoms with Gasteiger partial charge in [0.15, 0.2) is 0 Å². The molecule has 0 fully saturated rings. The minimum atomic E-state index is 0.355. The Labute approximate surface area is 105 Å². The standard InChI is InChI=1S/C14H25N3/c1-11(14(2,3)4)9-16-10-12-5-6-17-13(7-12)8-15/h5-7,11,16H,8-10,15H2,1-4H3. The van der Waals surface area contributed by atoms with Crippen molar-refractivity contribution in [2.45, 2.75) is 40.8 Å². The summed E-state index contributed by atoms with van der Waals surface area (Å²) in [6.45, 7) is 11.5. The van der Waals surface area contributed by atoms with Gasteiger partial charge < -0.3 is 11.1 Å². The second-order valence-corrected chi connectivity index (χ2v) is 5.76. The molecule has 17 heavy (non-hydrogen) atoms. The van der Waals surface area contributed by atoms with Crippen LogP contribution >= 0.6 is 0 Å². The topological polar surface area (TPSA) is 50.9 Å². The maximum atomic E-state index is 5.57. The van der Waals surface area contributed by atoms with Crippen molar-refractivity contribution in [3.8, 4) is 0 Å². The quantitative estimate of drug-likeness (QED) is 0.823. The fourth-order valence-corrected chi connectivity index (χ4v) is 1.49. The average Bonchev–Trinajstić information content (AvgIpc) is 2.28. The van der Waals surface area contributed by atoms with Crippen LogP contribution in [-0.2, 0) is 13.1 Å². The molecule has 0 spiro atoms. The minimum Gasteiger partial charge on any atom is -0.325 e. The van der Waals surface area contributed by atoms with Crippen LogP contribution in [0.5, 0.6) is 0 Å². The molecular formula is C14H25N3. The van der Waals surface area contributed by atoms with E-state index in [0.717, 1.165) is 18.8 Å². The van der Waals surface area contributed by atoms with E-state index in [1.165, 1.54) is 5.56 Å². The van der Waals surface area contributed by atoms with E-state index in [-0.39, 0.29) is 0 Å². The lowest BCUT2D eigenvalue weighted by Gasteiger charge is -2.27. The highest BCUT2D eigenvalue weighted by Crippen LogP contribution is 2.24. The minimum absolute atomic E-state index is 0.355. The molecule has 1 aromatic rings. The molecule has 0 amide bonds. The summed E-state index contributed by atoms with van der Waals surface area (Å²) in [5.41, 5.74) is 8.13. The summed E-state index contributed by atoms with van der Waals surface area (Å²) < 4.78 is 0. The molecule has 0 aliphatic carbocycles. The van der Waals surface area contributed by atoms with Crippen molar-refractivity contribution in [1.82, 2.24) is 10.3 Å². The molecule has 0 saturated carbocycles. The Bertz CT molecular complexity index is 342. The summed E-state index contributed by atoms with van der Waals surface area (Å²) in [5.74, 6) is 0.651. The molecule has 96 valence electrons. The fraction of sp³-hybridized carbons (Fsp3) is 0.643. The van der Waals surface area contributed by atoms with Crippen LogP contribution in [0.4, 0.5) is 0 Å². The number of pyridine rings is 1. The predicted molar refractivity (Wildman–Crippen MR) is 72.5 cm³/mol. The third kappa shape index (κ3) is 4.84. The molecule has 0 saturated heterocycles. The van der Waals surface area contributed by atoms with Crippen molar-refractivity contribution in [3.05, 3.63) is 29.6 Å². The van der Waals surface area contributed by atoms with Gasteiger partial charge in [-0.2, -0.15) is 0 Å². The summed E-state index contributed by atoms with van der Waals surface area (Å²) in [6.07, 6.45) is 1.83. The van der Waals surface area contributed by atoms with E-state index in [1.807, 2.05) is 12.3 Å². The van der Waals surface area contributed by atoms with Gasteiger partial charge in [0.05, 0.1) is 5.69 Å². The lowest BCUT2D eigenvalue weighted by molar-refractivity contribution is 0.252. The largest absolute Gasteiger partial charge is 0.325 e. The van der Waals surface area contributed by atoms with E-state index < -0.39 is 0 Å². The third-order valence-electron chi connectivity index (χ3n) is 3.35. The van der Waals surface area contributed by atoms with Crippen LogP contribution in [0.3, 0.4) is 0 Å². The van der Waals surface area contributed by atoms with Gasteiger partial charge >= 0.3 is 0 Å². The second-order valence-electron chi connectivity index (χ2n) is 5.76. The van der Waals surface area contributed by atoms with Crippen molar-refractivity contribution >= 4 is 0 Å². The average molecular weight is 235 g/mol. The molecule has 1 rings (SSSR count). The van der Waals surface area contributed by atoms with Gasteiger partial charge in [0, 0.05) is 19.3 Å². The van der Waals surface area contributed by atoms with E-state index in [0.29, 0.717) is 17.9 Å². The van der Waals surface area contributed by atoms with Crippen LogP contribution < -0.4 is 11.1 Å². The summed E-state index contributed by atoms with van der Waals surface area (Å²) >= 11 is 0. The molecule has 1 atom stereocenters. The second kappa shape index (κ2) is 6.12. The number of aromatic nitrogens is 1. The first-order chi connectivity index (χ1) is 7.93. The number of nitrogens with two attached hydrogens (primary N) is 1. The Balaban J connectivity index is 2.40. The molecule has 3 heteroatoms. The monoisotopic (exact) mass is 235 g/mol. The molecule has 3 nitrogen and oxygen atoms in total. The highest BCUT2D eigenvalue weighted by molar-refractivity contribution is 5.15. The number of nitrogens with one attached hydrogen (secondary N) is 1. The van der Waals surface area contributed by atoms with Gasteiger partial charge in [-0.25, -0.2) is 0 Å². The van der Waals surface area contributed by atoms with E-state index in [1.54, 1.807) is 0 Å². The fourth-order valence-electron chi connectivity index (χ4n) is 1.49. The number of rotatable bonds is 5. The molecule has 1 aromatic heterocycles. The van der Waals surface area contributed by atoms with Crippen molar-refractivity contribution < 1.29 is 0 Å². The Hall–Kier alpha value is -0.930. The van der Waals surface area contributed by atoms with Gasteiger partial charge in [0.2, 0.25) is 0 Å². The van der Waals surface area contributed by atoms with Gasteiger partial charge in [0.25, 0.3) is 0 Å². The summed E-state index contributed by atoms with van der Waals surface area (Å²) in [4.78, 5) is 4.19. The van der Waals surface area contributed by atoms with Crippen molar-refractivity contribution in [1.29, 1.82) is 0 Å². The van der Waals surface area contributed by atoms with Crippen LogP contribution in [0, 0.1) is 11.3 Å². The van der Waals surface area contributed by atoms with E-state index in [9.17, 15) is 0 Å². The zero-order valence-corrected chi connectivity index (χ0v) is 11.5. The van der Waals surface area contributed by atoms with Gasteiger partial charge in [-0.15, -0.1) is 0 Å². The van der Waals surface area contributed by atoms with Gasteiger partial charge in [-0.3, -0.25) is 4.98 Å². The highest BCUT2D eigenvalue weighted by Gasteiger charge is 2.18. The van der Waals surface area contributed by atoms with Gasteiger partial charge in [0.1, 0.15) is 0 Å². The zero-order chi connectivity index (χ0) is 12.9. The third-order valence-corrected chi connectivity index (χ3v) is 3.35. The maximum Gasteiger partial charge on any atom is 0.0542 e. The summed E-state index contributed by atoms with van der Waals surface area (Å²) in [7, 11) is 0. The molecule has 3 N–H and O–H groups in total. The van der Waals surface area contributed by atoms with Gasteiger partial charge in [-0.05, 0) is 35.6 Å². The first-order valence-corrected chi connectivity index (χ1v) is 6.28. The smallest absolute Gasteiger partial charge is 0.0542 e. The first-order valence-electron chi connectivity index (χ1n) is 6.28. The summed E-state index contributed by atoms with van der Waals surface area (Å²) in [5, 5.41) is 3.49. The Morgan fingerprint density at radius 3 is 2.71 bits per heavy atom. The first kappa shape index (κ1) is 14.1. The molecule has 0 radical (unpaired) electrons. The lowest BCUT2D eigenvalue weighted by atomic mass is 9.82. The Kier molecular flexibility index (Phi) is 5.09. The molecule has 0 aromatic carbocycles. The van der Waals surface area contributed by atoms with Crippen LogP contribution in [0.2, 0.25) is 0 Å². The van der Waals surface area contributed by atoms with Crippen molar-refractivity contribution in [2.24, 2.45) is 17.1 Å².